The predicted octanol–water partition coefficient (Wildman–Crippen LogP) is 0.836. The van der Waals surface area contributed by atoms with Gasteiger partial charge in [0, 0.05) is 26.2 Å². The molecule has 1 aliphatic rings. The summed E-state index contributed by atoms with van der Waals surface area (Å²) in [7, 11) is 0. The summed E-state index contributed by atoms with van der Waals surface area (Å²) in [5.41, 5.74) is 0.558. The fourth-order valence-corrected chi connectivity index (χ4v) is 2.99. The fraction of sp³-hybridized carbons (Fsp3) is 0.429. The van der Waals surface area contributed by atoms with Gasteiger partial charge in [-0.05, 0) is 13.0 Å². The molecule has 0 bridgehead atoms. The van der Waals surface area contributed by atoms with E-state index in [0.29, 0.717) is 36.9 Å². The fourth-order valence-electron chi connectivity index (χ4n) is 2.39. The Morgan fingerprint density at radius 3 is 2.70 bits per heavy atom. The van der Waals surface area contributed by atoms with Gasteiger partial charge < -0.3 is 9.32 Å². The molecule has 122 valence electrons. The van der Waals surface area contributed by atoms with Crippen LogP contribution in [0.5, 0.6) is 0 Å². The van der Waals surface area contributed by atoms with Gasteiger partial charge in [0.05, 0.1) is 18.4 Å². The quantitative estimate of drug-likeness (QED) is 0.890. The molecule has 0 saturated carbocycles. The van der Waals surface area contributed by atoms with Crippen molar-refractivity contribution in [3.63, 3.8) is 0 Å². The maximum Gasteiger partial charge on any atom is 0.257 e. The minimum absolute atomic E-state index is 0.0350. The van der Waals surface area contributed by atoms with Gasteiger partial charge in [-0.3, -0.25) is 19.8 Å². The first kappa shape index (κ1) is 15.6. The van der Waals surface area contributed by atoms with Crippen molar-refractivity contribution in [1.29, 1.82) is 0 Å². The minimum atomic E-state index is -0.115. The molecule has 0 unspecified atom stereocenters. The standard InChI is InChI=1S/C14H17N5O3S/c1-10-16-17-14(23-10)15-12(20)8-18-3-5-19(6-4-18)13(21)11-2-7-22-9-11/h2,7,9H,3-6,8H2,1H3,(H,15,17,20). The highest BCUT2D eigenvalue weighted by atomic mass is 32.1. The van der Waals surface area contributed by atoms with E-state index in [1.165, 1.54) is 23.9 Å². The van der Waals surface area contributed by atoms with Crippen LogP contribution in [0.2, 0.25) is 0 Å². The Morgan fingerprint density at radius 1 is 1.30 bits per heavy atom. The molecular weight excluding hydrogens is 318 g/mol. The summed E-state index contributed by atoms with van der Waals surface area (Å²) in [6.07, 6.45) is 2.94. The lowest BCUT2D eigenvalue weighted by Gasteiger charge is -2.34. The first-order chi connectivity index (χ1) is 11.1. The topological polar surface area (TPSA) is 91.6 Å². The van der Waals surface area contributed by atoms with Crippen LogP contribution in [-0.4, -0.2) is 64.5 Å². The SMILES string of the molecule is Cc1nnc(NC(=O)CN2CCN(C(=O)c3ccoc3)CC2)s1. The van der Waals surface area contributed by atoms with Gasteiger partial charge in [0.25, 0.3) is 5.91 Å². The maximum absolute atomic E-state index is 12.2. The van der Waals surface area contributed by atoms with Crippen LogP contribution in [0.3, 0.4) is 0 Å². The van der Waals surface area contributed by atoms with Gasteiger partial charge in [0.1, 0.15) is 11.3 Å². The molecule has 0 aliphatic carbocycles. The van der Waals surface area contributed by atoms with E-state index in [0.717, 1.165) is 5.01 Å². The third kappa shape index (κ3) is 3.93. The molecule has 2 aromatic rings. The number of furan rings is 1. The van der Waals surface area contributed by atoms with Crippen LogP contribution in [0, 0.1) is 6.92 Å². The number of piperazine rings is 1. The van der Waals surface area contributed by atoms with E-state index >= 15 is 0 Å². The van der Waals surface area contributed by atoms with Crippen LogP contribution < -0.4 is 5.32 Å². The smallest absolute Gasteiger partial charge is 0.257 e. The number of anilines is 1. The van der Waals surface area contributed by atoms with E-state index in [4.69, 9.17) is 4.42 Å². The number of carbonyl (C=O) groups excluding carboxylic acids is 2. The van der Waals surface area contributed by atoms with Gasteiger partial charge in [-0.25, -0.2) is 0 Å². The molecule has 1 saturated heterocycles. The number of hydrogen-bond donors (Lipinski definition) is 1. The molecule has 0 spiro atoms. The predicted molar refractivity (Wildman–Crippen MR) is 84.3 cm³/mol. The number of nitrogens with one attached hydrogen (secondary N) is 1. The summed E-state index contributed by atoms with van der Waals surface area (Å²) in [6, 6.07) is 1.66. The van der Waals surface area contributed by atoms with Gasteiger partial charge >= 0.3 is 0 Å². The van der Waals surface area contributed by atoms with Crippen LogP contribution in [0.1, 0.15) is 15.4 Å². The van der Waals surface area contributed by atoms with Crippen molar-refractivity contribution in [2.75, 3.05) is 38.0 Å². The van der Waals surface area contributed by atoms with Crippen LogP contribution in [0.4, 0.5) is 5.13 Å². The van der Waals surface area contributed by atoms with Crippen molar-refractivity contribution in [3.8, 4) is 0 Å². The van der Waals surface area contributed by atoms with Gasteiger partial charge in [-0.2, -0.15) is 0 Å². The highest BCUT2D eigenvalue weighted by Gasteiger charge is 2.24. The van der Waals surface area contributed by atoms with Gasteiger partial charge in [-0.15, -0.1) is 10.2 Å². The number of nitrogens with zero attached hydrogens (tertiary/aromatic N) is 4. The first-order valence-electron chi connectivity index (χ1n) is 7.25. The number of rotatable bonds is 4. The Hall–Kier alpha value is -2.26. The third-order valence-corrected chi connectivity index (χ3v) is 4.32. The molecule has 3 rings (SSSR count). The van der Waals surface area contributed by atoms with E-state index < -0.39 is 0 Å². The molecule has 0 atom stereocenters. The molecule has 3 heterocycles. The summed E-state index contributed by atoms with van der Waals surface area (Å²) in [6.45, 7) is 4.62. The monoisotopic (exact) mass is 335 g/mol. The van der Waals surface area contributed by atoms with Crippen molar-refractivity contribution >= 4 is 28.3 Å². The van der Waals surface area contributed by atoms with Crippen LogP contribution in [0.25, 0.3) is 0 Å². The minimum Gasteiger partial charge on any atom is -0.472 e. The number of aromatic nitrogens is 2. The second kappa shape index (κ2) is 6.88. The number of hydrogen-bond acceptors (Lipinski definition) is 7. The van der Waals surface area contributed by atoms with Crippen LogP contribution in [-0.2, 0) is 4.79 Å². The molecule has 1 aliphatic heterocycles. The molecule has 0 aromatic carbocycles. The van der Waals surface area contributed by atoms with E-state index in [2.05, 4.69) is 15.5 Å². The molecule has 2 amide bonds. The van der Waals surface area contributed by atoms with Crippen molar-refractivity contribution < 1.29 is 14.0 Å². The molecule has 8 nitrogen and oxygen atoms in total. The van der Waals surface area contributed by atoms with Crippen molar-refractivity contribution in [1.82, 2.24) is 20.0 Å². The van der Waals surface area contributed by atoms with Crippen molar-refractivity contribution in [3.05, 3.63) is 29.2 Å². The third-order valence-electron chi connectivity index (χ3n) is 3.57. The average Bonchev–Trinajstić information content (AvgIpc) is 3.19. The second-order valence-corrected chi connectivity index (χ2v) is 6.44. The second-order valence-electron chi connectivity index (χ2n) is 5.25. The van der Waals surface area contributed by atoms with Crippen molar-refractivity contribution in [2.45, 2.75) is 6.92 Å². The molecule has 1 N–H and O–H groups in total. The summed E-state index contributed by atoms with van der Waals surface area (Å²) in [5, 5.41) is 11.8. The summed E-state index contributed by atoms with van der Waals surface area (Å²) in [4.78, 5) is 28.0. The van der Waals surface area contributed by atoms with E-state index in [1.807, 2.05) is 11.8 Å². The summed E-state index contributed by atoms with van der Waals surface area (Å²) in [5.74, 6) is -0.150. The Labute approximate surface area is 137 Å². The maximum atomic E-state index is 12.2. The summed E-state index contributed by atoms with van der Waals surface area (Å²) < 4.78 is 4.94. The lowest BCUT2D eigenvalue weighted by atomic mass is 10.2. The first-order valence-corrected chi connectivity index (χ1v) is 8.07. The molecular formula is C14H17N5O3S. The Morgan fingerprint density at radius 2 is 2.09 bits per heavy atom. The largest absolute Gasteiger partial charge is 0.472 e. The Balaban J connectivity index is 1.45. The van der Waals surface area contributed by atoms with E-state index in [1.54, 1.807) is 11.0 Å². The number of aryl methyl sites for hydroxylation is 1. The van der Waals surface area contributed by atoms with E-state index in [-0.39, 0.29) is 18.4 Å². The zero-order chi connectivity index (χ0) is 16.2. The Bertz CT molecular complexity index is 676. The van der Waals surface area contributed by atoms with Crippen molar-refractivity contribution in [2.24, 2.45) is 0 Å². The lowest BCUT2D eigenvalue weighted by Crippen LogP contribution is -2.50. The highest BCUT2D eigenvalue weighted by Crippen LogP contribution is 2.14. The molecule has 2 aromatic heterocycles. The molecule has 1 fully saturated rings. The van der Waals surface area contributed by atoms with Gasteiger partial charge in [0.15, 0.2) is 0 Å². The van der Waals surface area contributed by atoms with Gasteiger partial charge in [-0.1, -0.05) is 11.3 Å². The van der Waals surface area contributed by atoms with Crippen LogP contribution in [0.15, 0.2) is 23.0 Å². The average molecular weight is 335 g/mol. The normalized spacial score (nSPS) is 15.6. The Kier molecular flexibility index (Phi) is 4.68. The van der Waals surface area contributed by atoms with E-state index in [9.17, 15) is 9.59 Å². The zero-order valence-electron chi connectivity index (χ0n) is 12.7. The zero-order valence-corrected chi connectivity index (χ0v) is 13.5. The highest BCUT2D eigenvalue weighted by molar-refractivity contribution is 7.15. The molecule has 9 heteroatoms. The summed E-state index contributed by atoms with van der Waals surface area (Å²) >= 11 is 1.35. The van der Waals surface area contributed by atoms with Crippen LogP contribution >= 0.6 is 11.3 Å². The lowest BCUT2D eigenvalue weighted by molar-refractivity contribution is -0.117. The number of carbonyl (C=O) groups is 2. The molecule has 23 heavy (non-hydrogen) atoms. The molecule has 0 radical (unpaired) electrons. The van der Waals surface area contributed by atoms with Gasteiger partial charge in [0.2, 0.25) is 11.0 Å². The number of amides is 2.